The summed E-state index contributed by atoms with van der Waals surface area (Å²) in [5, 5.41) is 9.85. The third-order valence-corrected chi connectivity index (χ3v) is 4.28. The minimum Gasteiger partial charge on any atom is -0.370 e. The van der Waals surface area contributed by atoms with E-state index in [0.717, 1.165) is 23.6 Å². The molecule has 0 spiro atoms. The van der Waals surface area contributed by atoms with Crippen LogP contribution < -0.4 is 16.0 Å². The normalized spacial score (nSPS) is 10.7. The van der Waals surface area contributed by atoms with Crippen LogP contribution in [-0.4, -0.2) is 22.4 Å². The monoisotopic (exact) mass is 407 g/mol. The molecule has 3 N–H and O–H groups in total. The third-order valence-electron chi connectivity index (χ3n) is 3.94. The first-order valence-corrected chi connectivity index (χ1v) is 9.61. The van der Waals surface area contributed by atoms with Gasteiger partial charge in [-0.3, -0.25) is 4.79 Å². The maximum absolute atomic E-state index is 12.1. The van der Waals surface area contributed by atoms with E-state index in [1.807, 2.05) is 62.4 Å². The van der Waals surface area contributed by atoms with Gasteiger partial charge in [0.1, 0.15) is 17.5 Å². The van der Waals surface area contributed by atoms with E-state index in [1.165, 1.54) is 6.08 Å². The second-order valence-corrected chi connectivity index (χ2v) is 6.67. The first kappa shape index (κ1) is 20.4. The van der Waals surface area contributed by atoms with Crippen molar-refractivity contribution >= 4 is 46.6 Å². The molecule has 3 aromatic rings. The molecular formula is C22H22ClN5O. The van der Waals surface area contributed by atoms with Crippen LogP contribution in [0.3, 0.4) is 0 Å². The summed E-state index contributed by atoms with van der Waals surface area (Å²) in [6, 6.07) is 16.6. The van der Waals surface area contributed by atoms with Gasteiger partial charge in [-0.2, -0.15) is 0 Å². The second kappa shape index (κ2) is 9.71. The zero-order valence-electron chi connectivity index (χ0n) is 16.2. The van der Waals surface area contributed by atoms with Crippen LogP contribution in [0.1, 0.15) is 18.3 Å². The van der Waals surface area contributed by atoms with Crippen LogP contribution in [0.4, 0.5) is 23.0 Å². The topological polar surface area (TPSA) is 78.9 Å². The van der Waals surface area contributed by atoms with E-state index in [1.54, 1.807) is 12.1 Å². The fraction of sp³-hybridized carbons (Fsp3) is 0.136. The van der Waals surface area contributed by atoms with E-state index in [2.05, 4.69) is 25.9 Å². The summed E-state index contributed by atoms with van der Waals surface area (Å²) < 4.78 is 0. The molecule has 1 heterocycles. The van der Waals surface area contributed by atoms with Crippen molar-refractivity contribution in [3.63, 3.8) is 0 Å². The largest absolute Gasteiger partial charge is 0.370 e. The summed E-state index contributed by atoms with van der Waals surface area (Å²) in [6.45, 7) is 4.65. The van der Waals surface area contributed by atoms with Crippen LogP contribution in [0.15, 0.2) is 60.7 Å². The highest BCUT2D eigenvalue weighted by Gasteiger charge is 2.03. The molecule has 0 fully saturated rings. The SMILES string of the molecule is CCNc1cc(Nc2ccc(NC(=O)/C=C/c3ccccc3Cl)cc2)nc(C)n1. The summed E-state index contributed by atoms with van der Waals surface area (Å²) in [4.78, 5) is 20.9. The van der Waals surface area contributed by atoms with Crippen LogP contribution in [0.25, 0.3) is 6.08 Å². The van der Waals surface area contributed by atoms with Crippen LogP contribution in [0.2, 0.25) is 5.02 Å². The van der Waals surface area contributed by atoms with Gasteiger partial charge in [0.25, 0.3) is 0 Å². The third kappa shape index (κ3) is 6.05. The molecule has 3 rings (SSSR count). The van der Waals surface area contributed by atoms with Crippen LogP contribution in [0.5, 0.6) is 0 Å². The molecule has 0 saturated heterocycles. The molecule has 0 unspecified atom stereocenters. The Kier molecular flexibility index (Phi) is 6.81. The van der Waals surface area contributed by atoms with Crippen LogP contribution >= 0.6 is 11.6 Å². The van der Waals surface area contributed by atoms with E-state index in [0.29, 0.717) is 22.4 Å². The van der Waals surface area contributed by atoms with Gasteiger partial charge in [0.2, 0.25) is 5.91 Å². The molecule has 0 radical (unpaired) electrons. The molecule has 0 bridgehead atoms. The molecule has 1 aromatic heterocycles. The lowest BCUT2D eigenvalue weighted by molar-refractivity contribution is -0.111. The number of hydrogen-bond donors (Lipinski definition) is 3. The number of nitrogens with zero attached hydrogens (tertiary/aromatic N) is 2. The van der Waals surface area contributed by atoms with E-state index < -0.39 is 0 Å². The number of hydrogen-bond acceptors (Lipinski definition) is 5. The lowest BCUT2D eigenvalue weighted by atomic mass is 10.2. The Labute approximate surface area is 175 Å². The number of aryl methyl sites for hydroxylation is 1. The summed E-state index contributed by atoms with van der Waals surface area (Å²) in [6.07, 6.45) is 3.15. The molecule has 0 saturated carbocycles. The van der Waals surface area contributed by atoms with Gasteiger partial charge in [0.15, 0.2) is 0 Å². The van der Waals surface area contributed by atoms with Crippen molar-refractivity contribution in [1.29, 1.82) is 0 Å². The molecule has 0 atom stereocenters. The fourth-order valence-electron chi connectivity index (χ4n) is 2.65. The summed E-state index contributed by atoms with van der Waals surface area (Å²) in [7, 11) is 0. The van der Waals surface area contributed by atoms with Crippen molar-refractivity contribution < 1.29 is 4.79 Å². The molecule has 0 aliphatic heterocycles. The maximum atomic E-state index is 12.1. The average molecular weight is 408 g/mol. The number of carbonyl (C=O) groups is 1. The van der Waals surface area contributed by atoms with Crippen LogP contribution in [0, 0.1) is 6.92 Å². The summed E-state index contributed by atoms with van der Waals surface area (Å²) in [5.74, 6) is 1.93. The van der Waals surface area contributed by atoms with Crippen molar-refractivity contribution in [3.8, 4) is 0 Å². The number of anilines is 4. The quantitative estimate of drug-likeness (QED) is 0.465. The number of benzene rings is 2. The maximum Gasteiger partial charge on any atom is 0.248 e. The Bertz CT molecular complexity index is 1020. The first-order chi connectivity index (χ1) is 14.0. The molecule has 7 heteroatoms. The molecule has 0 aliphatic rings. The number of rotatable bonds is 7. The molecule has 0 aliphatic carbocycles. The van der Waals surface area contributed by atoms with Gasteiger partial charge in [-0.1, -0.05) is 29.8 Å². The van der Waals surface area contributed by atoms with Gasteiger partial charge in [-0.05, 0) is 55.8 Å². The second-order valence-electron chi connectivity index (χ2n) is 6.26. The molecule has 2 aromatic carbocycles. The molecule has 1 amide bonds. The Balaban J connectivity index is 1.61. The highest BCUT2D eigenvalue weighted by molar-refractivity contribution is 6.32. The highest BCUT2D eigenvalue weighted by Crippen LogP contribution is 2.20. The van der Waals surface area contributed by atoms with Gasteiger partial charge in [0.05, 0.1) is 0 Å². The van der Waals surface area contributed by atoms with Gasteiger partial charge < -0.3 is 16.0 Å². The van der Waals surface area contributed by atoms with Gasteiger partial charge in [0, 0.05) is 35.1 Å². The fourth-order valence-corrected chi connectivity index (χ4v) is 2.85. The number of amides is 1. The van der Waals surface area contributed by atoms with Crippen LogP contribution in [-0.2, 0) is 4.79 Å². The van der Waals surface area contributed by atoms with Gasteiger partial charge in [-0.25, -0.2) is 9.97 Å². The Hall–Kier alpha value is -3.38. The van der Waals surface area contributed by atoms with E-state index in [4.69, 9.17) is 11.6 Å². The lowest BCUT2D eigenvalue weighted by Gasteiger charge is -2.10. The predicted octanol–water partition coefficient (Wildman–Crippen LogP) is 5.27. The Morgan fingerprint density at radius 3 is 2.45 bits per heavy atom. The van der Waals surface area contributed by atoms with Crippen molar-refractivity contribution in [2.45, 2.75) is 13.8 Å². The summed E-state index contributed by atoms with van der Waals surface area (Å²) in [5.41, 5.74) is 2.34. The predicted molar refractivity (Wildman–Crippen MR) is 120 cm³/mol. The minimum atomic E-state index is -0.229. The number of halogens is 1. The average Bonchev–Trinajstić information content (AvgIpc) is 2.69. The van der Waals surface area contributed by atoms with Crippen molar-refractivity contribution in [2.24, 2.45) is 0 Å². The minimum absolute atomic E-state index is 0.229. The van der Waals surface area contributed by atoms with E-state index in [-0.39, 0.29) is 5.91 Å². The summed E-state index contributed by atoms with van der Waals surface area (Å²) >= 11 is 6.09. The standard InChI is InChI=1S/C22H22ClN5O/c1-3-24-20-14-21(26-15(2)25-20)27-17-9-11-18(12-10-17)28-22(29)13-8-16-6-4-5-7-19(16)23/h4-14H,3H2,1-2H3,(H,28,29)(H2,24,25,26,27)/b13-8+. The van der Waals surface area contributed by atoms with Crippen molar-refractivity contribution in [3.05, 3.63) is 77.1 Å². The van der Waals surface area contributed by atoms with E-state index >= 15 is 0 Å². The molecular weight excluding hydrogens is 386 g/mol. The molecule has 29 heavy (non-hydrogen) atoms. The lowest BCUT2D eigenvalue weighted by Crippen LogP contribution is -2.07. The smallest absolute Gasteiger partial charge is 0.248 e. The van der Waals surface area contributed by atoms with E-state index in [9.17, 15) is 4.79 Å². The molecule has 6 nitrogen and oxygen atoms in total. The van der Waals surface area contributed by atoms with Crippen molar-refractivity contribution in [1.82, 2.24) is 9.97 Å². The molecule has 148 valence electrons. The van der Waals surface area contributed by atoms with Gasteiger partial charge in [-0.15, -0.1) is 0 Å². The van der Waals surface area contributed by atoms with Crippen molar-refractivity contribution in [2.75, 3.05) is 22.5 Å². The zero-order valence-corrected chi connectivity index (χ0v) is 17.0. The Morgan fingerprint density at radius 1 is 1.03 bits per heavy atom. The number of nitrogens with one attached hydrogen (secondary N) is 3. The highest BCUT2D eigenvalue weighted by atomic mass is 35.5. The first-order valence-electron chi connectivity index (χ1n) is 9.23. The zero-order chi connectivity index (χ0) is 20.6. The Morgan fingerprint density at radius 2 is 1.72 bits per heavy atom. The number of aromatic nitrogens is 2. The van der Waals surface area contributed by atoms with Gasteiger partial charge >= 0.3 is 0 Å². The number of carbonyl (C=O) groups excluding carboxylic acids is 1.